The van der Waals surface area contributed by atoms with E-state index in [1.165, 1.54) is 25.7 Å². The molecular formula is C11H23NO. The number of nitrogens with one attached hydrogen (secondary N) is 1. The first-order valence-corrected chi connectivity index (χ1v) is 5.64. The largest absolute Gasteiger partial charge is 0.380 e. The molecule has 0 heterocycles. The van der Waals surface area contributed by atoms with Gasteiger partial charge in [0.15, 0.2) is 0 Å². The fourth-order valence-corrected chi connectivity index (χ4v) is 2.00. The summed E-state index contributed by atoms with van der Waals surface area (Å²) < 4.78 is 5.67. The molecule has 0 aromatic rings. The second kappa shape index (κ2) is 6.39. The lowest BCUT2D eigenvalue weighted by Crippen LogP contribution is -2.30. The van der Waals surface area contributed by atoms with Gasteiger partial charge in [0.25, 0.3) is 0 Å². The Labute approximate surface area is 82.0 Å². The number of ether oxygens (including phenoxy) is 1. The van der Waals surface area contributed by atoms with Gasteiger partial charge in [-0.3, -0.25) is 0 Å². The molecule has 0 aliphatic heterocycles. The molecule has 1 unspecified atom stereocenters. The van der Waals surface area contributed by atoms with Gasteiger partial charge in [-0.15, -0.1) is 0 Å². The van der Waals surface area contributed by atoms with E-state index in [0.717, 1.165) is 25.7 Å². The summed E-state index contributed by atoms with van der Waals surface area (Å²) in [5.41, 5.74) is 0. The van der Waals surface area contributed by atoms with Crippen molar-refractivity contribution < 1.29 is 4.74 Å². The molecule has 0 aromatic heterocycles. The van der Waals surface area contributed by atoms with Gasteiger partial charge in [-0.05, 0) is 32.2 Å². The van der Waals surface area contributed by atoms with Crippen LogP contribution in [0.1, 0.15) is 39.5 Å². The van der Waals surface area contributed by atoms with Crippen LogP contribution in [0.15, 0.2) is 0 Å². The first kappa shape index (κ1) is 11.0. The van der Waals surface area contributed by atoms with Gasteiger partial charge in [0, 0.05) is 12.6 Å². The average Bonchev–Trinajstić information content (AvgIpc) is 2.57. The SMILES string of the molecule is CCNC(C)COCC1CCCC1. The molecule has 2 heteroatoms. The van der Waals surface area contributed by atoms with Gasteiger partial charge in [0.05, 0.1) is 6.61 Å². The maximum absolute atomic E-state index is 5.67. The van der Waals surface area contributed by atoms with Gasteiger partial charge in [0.2, 0.25) is 0 Å². The second-order valence-corrected chi connectivity index (χ2v) is 4.15. The molecule has 1 aliphatic carbocycles. The smallest absolute Gasteiger partial charge is 0.0617 e. The van der Waals surface area contributed by atoms with Crippen LogP contribution in [0.4, 0.5) is 0 Å². The molecule has 1 atom stereocenters. The molecule has 0 amide bonds. The molecule has 1 aliphatic rings. The molecule has 1 N–H and O–H groups in total. The van der Waals surface area contributed by atoms with Crippen LogP contribution in [0.5, 0.6) is 0 Å². The normalized spacial score (nSPS) is 20.8. The lowest BCUT2D eigenvalue weighted by atomic mass is 10.1. The summed E-state index contributed by atoms with van der Waals surface area (Å²) >= 11 is 0. The zero-order chi connectivity index (χ0) is 9.52. The van der Waals surface area contributed by atoms with Gasteiger partial charge in [-0.1, -0.05) is 19.8 Å². The highest BCUT2D eigenvalue weighted by Crippen LogP contribution is 2.24. The fourth-order valence-electron chi connectivity index (χ4n) is 2.00. The van der Waals surface area contributed by atoms with Crippen LogP contribution in [-0.2, 0) is 4.74 Å². The Morgan fingerprint density at radius 2 is 2.08 bits per heavy atom. The van der Waals surface area contributed by atoms with E-state index in [9.17, 15) is 0 Å². The topological polar surface area (TPSA) is 21.3 Å². The number of hydrogen-bond acceptors (Lipinski definition) is 2. The van der Waals surface area contributed by atoms with Crippen LogP contribution in [0.3, 0.4) is 0 Å². The van der Waals surface area contributed by atoms with Crippen molar-refractivity contribution in [3.63, 3.8) is 0 Å². The molecule has 13 heavy (non-hydrogen) atoms. The maximum atomic E-state index is 5.67. The number of hydrogen-bond donors (Lipinski definition) is 1. The molecule has 0 radical (unpaired) electrons. The van der Waals surface area contributed by atoms with Crippen molar-refractivity contribution in [1.82, 2.24) is 5.32 Å². The van der Waals surface area contributed by atoms with E-state index in [2.05, 4.69) is 19.2 Å². The zero-order valence-corrected chi connectivity index (χ0v) is 9.01. The number of rotatable bonds is 6. The van der Waals surface area contributed by atoms with Gasteiger partial charge >= 0.3 is 0 Å². The van der Waals surface area contributed by atoms with Crippen LogP contribution in [0, 0.1) is 5.92 Å². The molecule has 0 spiro atoms. The highest BCUT2D eigenvalue weighted by atomic mass is 16.5. The predicted molar refractivity (Wildman–Crippen MR) is 55.9 cm³/mol. The monoisotopic (exact) mass is 185 g/mol. The summed E-state index contributed by atoms with van der Waals surface area (Å²) in [7, 11) is 0. The molecule has 1 saturated carbocycles. The van der Waals surface area contributed by atoms with Crippen molar-refractivity contribution in [3.8, 4) is 0 Å². The van der Waals surface area contributed by atoms with E-state index in [4.69, 9.17) is 4.74 Å². The van der Waals surface area contributed by atoms with Crippen LogP contribution in [0.2, 0.25) is 0 Å². The Morgan fingerprint density at radius 1 is 1.38 bits per heavy atom. The Kier molecular flexibility index (Phi) is 5.40. The molecule has 0 aromatic carbocycles. The third-order valence-corrected chi connectivity index (χ3v) is 2.75. The van der Waals surface area contributed by atoms with E-state index in [1.807, 2.05) is 0 Å². The van der Waals surface area contributed by atoms with E-state index < -0.39 is 0 Å². The fraction of sp³-hybridized carbons (Fsp3) is 1.00. The summed E-state index contributed by atoms with van der Waals surface area (Å²) in [6.45, 7) is 7.19. The highest BCUT2D eigenvalue weighted by molar-refractivity contribution is 4.67. The van der Waals surface area contributed by atoms with Crippen molar-refractivity contribution in [2.75, 3.05) is 19.8 Å². The van der Waals surface area contributed by atoms with Crippen molar-refractivity contribution in [3.05, 3.63) is 0 Å². The van der Waals surface area contributed by atoms with Crippen molar-refractivity contribution >= 4 is 0 Å². The third kappa shape index (κ3) is 4.63. The summed E-state index contributed by atoms with van der Waals surface area (Å²) in [4.78, 5) is 0. The van der Waals surface area contributed by atoms with E-state index in [-0.39, 0.29) is 0 Å². The van der Waals surface area contributed by atoms with Crippen LogP contribution >= 0.6 is 0 Å². The molecule has 2 nitrogen and oxygen atoms in total. The predicted octanol–water partition coefficient (Wildman–Crippen LogP) is 2.19. The lowest BCUT2D eigenvalue weighted by molar-refractivity contribution is 0.0867. The molecular weight excluding hydrogens is 162 g/mol. The van der Waals surface area contributed by atoms with E-state index in [1.54, 1.807) is 0 Å². The summed E-state index contributed by atoms with van der Waals surface area (Å²) in [5.74, 6) is 0.855. The highest BCUT2D eigenvalue weighted by Gasteiger charge is 2.14. The molecule has 0 saturated heterocycles. The van der Waals surface area contributed by atoms with Crippen LogP contribution in [-0.4, -0.2) is 25.8 Å². The Balaban J connectivity index is 1.93. The molecule has 78 valence electrons. The minimum atomic E-state index is 0.506. The van der Waals surface area contributed by atoms with Crippen molar-refractivity contribution in [1.29, 1.82) is 0 Å². The minimum absolute atomic E-state index is 0.506. The van der Waals surface area contributed by atoms with Crippen molar-refractivity contribution in [2.24, 2.45) is 5.92 Å². The lowest BCUT2D eigenvalue weighted by Gasteiger charge is -2.14. The van der Waals surface area contributed by atoms with Crippen molar-refractivity contribution in [2.45, 2.75) is 45.6 Å². The second-order valence-electron chi connectivity index (χ2n) is 4.15. The molecule has 1 rings (SSSR count). The molecule has 0 bridgehead atoms. The molecule has 1 fully saturated rings. The van der Waals surface area contributed by atoms with E-state index >= 15 is 0 Å². The first-order valence-electron chi connectivity index (χ1n) is 5.64. The zero-order valence-electron chi connectivity index (χ0n) is 9.01. The van der Waals surface area contributed by atoms with Crippen LogP contribution in [0.25, 0.3) is 0 Å². The van der Waals surface area contributed by atoms with E-state index in [0.29, 0.717) is 6.04 Å². The first-order chi connectivity index (χ1) is 6.33. The Morgan fingerprint density at radius 3 is 2.69 bits per heavy atom. The van der Waals surface area contributed by atoms with Gasteiger partial charge in [-0.25, -0.2) is 0 Å². The standard InChI is InChI=1S/C11H23NO/c1-3-12-10(2)8-13-9-11-6-4-5-7-11/h10-12H,3-9H2,1-2H3. The Hall–Kier alpha value is -0.0800. The summed E-state index contributed by atoms with van der Waals surface area (Å²) in [6, 6.07) is 0.506. The maximum Gasteiger partial charge on any atom is 0.0617 e. The van der Waals surface area contributed by atoms with Gasteiger partial charge in [0.1, 0.15) is 0 Å². The Bertz CT molecular complexity index is 121. The summed E-state index contributed by atoms with van der Waals surface area (Å²) in [6.07, 6.45) is 5.60. The van der Waals surface area contributed by atoms with Gasteiger partial charge in [-0.2, -0.15) is 0 Å². The number of likely N-dealkylation sites (N-methyl/N-ethyl adjacent to an activating group) is 1. The minimum Gasteiger partial charge on any atom is -0.380 e. The third-order valence-electron chi connectivity index (χ3n) is 2.75. The average molecular weight is 185 g/mol. The van der Waals surface area contributed by atoms with Crippen LogP contribution < -0.4 is 5.32 Å². The van der Waals surface area contributed by atoms with Gasteiger partial charge < -0.3 is 10.1 Å². The quantitative estimate of drug-likeness (QED) is 0.685. The summed E-state index contributed by atoms with van der Waals surface area (Å²) in [5, 5.41) is 3.35.